The van der Waals surface area contributed by atoms with Gasteiger partial charge < -0.3 is 39.2 Å². The minimum Gasteiger partial charge on any atom is -0.497 e. The number of alkyl carbamates (subject to hydrolysis) is 1. The molecule has 1 aliphatic carbocycles. The molecule has 1 aromatic heterocycles. The number of ether oxygens (including phenoxy) is 5. The number of nitrogens with one attached hydrogen (secondary N) is 2. The summed E-state index contributed by atoms with van der Waals surface area (Å²) in [4.78, 5) is 59.7. The minimum atomic E-state index is -1.20. The summed E-state index contributed by atoms with van der Waals surface area (Å²) >= 11 is 0. The van der Waals surface area contributed by atoms with Crippen molar-refractivity contribution in [3.63, 3.8) is 0 Å². The number of allylic oxidation sites excluding steroid dienone is 1. The first-order valence-electron chi connectivity index (χ1n) is 15.9. The predicted molar refractivity (Wildman–Crippen MR) is 177 cm³/mol. The summed E-state index contributed by atoms with van der Waals surface area (Å²) in [5.74, 6) is -0.653. The highest BCUT2D eigenvalue weighted by Gasteiger charge is 2.62. The summed E-state index contributed by atoms with van der Waals surface area (Å²) in [6, 6.07) is 4.87. The van der Waals surface area contributed by atoms with Crippen molar-refractivity contribution in [2.24, 2.45) is 5.92 Å². The highest BCUT2D eigenvalue weighted by Crippen LogP contribution is 2.48. The van der Waals surface area contributed by atoms with Crippen LogP contribution in [0.3, 0.4) is 0 Å². The molecule has 0 bridgehead atoms. The lowest BCUT2D eigenvalue weighted by Crippen LogP contribution is -2.57. The van der Waals surface area contributed by atoms with Crippen LogP contribution in [-0.4, -0.2) is 97.1 Å². The van der Waals surface area contributed by atoms with Crippen LogP contribution in [0.4, 0.5) is 4.79 Å². The van der Waals surface area contributed by atoms with E-state index < -0.39 is 53.2 Å². The van der Waals surface area contributed by atoms with E-state index in [1.807, 2.05) is 6.07 Å². The van der Waals surface area contributed by atoms with Crippen LogP contribution in [-0.2, 0) is 28.6 Å². The van der Waals surface area contributed by atoms with E-state index in [2.05, 4.69) is 28.8 Å². The van der Waals surface area contributed by atoms with Gasteiger partial charge in [-0.15, -0.1) is 13.2 Å². The number of amides is 3. The van der Waals surface area contributed by atoms with Gasteiger partial charge in [-0.05, 0) is 64.2 Å². The molecule has 1 saturated heterocycles. The Labute approximate surface area is 281 Å². The monoisotopic (exact) mass is 666 g/mol. The summed E-state index contributed by atoms with van der Waals surface area (Å²) in [6.07, 6.45) is 5.26. The van der Waals surface area contributed by atoms with Gasteiger partial charge in [0, 0.05) is 24.1 Å². The molecule has 2 fully saturated rings. The van der Waals surface area contributed by atoms with E-state index in [1.54, 1.807) is 58.4 Å². The van der Waals surface area contributed by atoms with Gasteiger partial charge >= 0.3 is 12.1 Å². The van der Waals surface area contributed by atoms with Crippen molar-refractivity contribution in [3.05, 3.63) is 55.8 Å². The van der Waals surface area contributed by atoms with Crippen LogP contribution in [0.15, 0.2) is 55.8 Å². The number of likely N-dealkylation sites (tertiary alicyclic amines) is 1. The fourth-order valence-electron chi connectivity index (χ4n) is 5.92. The molecule has 260 valence electrons. The zero-order valence-electron chi connectivity index (χ0n) is 28.3. The molecule has 13 heteroatoms. The van der Waals surface area contributed by atoms with Gasteiger partial charge in [-0.2, -0.15) is 0 Å². The van der Waals surface area contributed by atoms with Crippen LogP contribution in [0.1, 0.15) is 46.5 Å². The molecule has 13 nitrogen and oxygen atoms in total. The van der Waals surface area contributed by atoms with Crippen molar-refractivity contribution >= 4 is 34.8 Å². The van der Waals surface area contributed by atoms with Gasteiger partial charge in [-0.1, -0.05) is 12.2 Å². The number of hydrogen-bond acceptors (Lipinski definition) is 10. The van der Waals surface area contributed by atoms with E-state index in [-0.39, 0.29) is 32.1 Å². The number of esters is 1. The number of carbonyl (C=O) groups excluding carboxylic acids is 4. The summed E-state index contributed by atoms with van der Waals surface area (Å²) in [7, 11) is 2.84. The fourth-order valence-corrected chi connectivity index (χ4v) is 5.92. The van der Waals surface area contributed by atoms with Gasteiger partial charge in [-0.3, -0.25) is 14.6 Å². The Morgan fingerprint density at radius 3 is 2.58 bits per heavy atom. The van der Waals surface area contributed by atoms with E-state index in [4.69, 9.17) is 23.7 Å². The molecule has 3 amide bonds. The molecule has 48 heavy (non-hydrogen) atoms. The lowest BCUT2D eigenvalue weighted by atomic mass is 10.1. The number of fused-ring (bicyclic) bond motifs is 1. The predicted octanol–water partition coefficient (Wildman–Crippen LogP) is 3.70. The third-order valence-corrected chi connectivity index (χ3v) is 8.28. The molecule has 1 saturated carbocycles. The zero-order valence-corrected chi connectivity index (χ0v) is 28.3. The number of hydrogen-bond donors (Lipinski definition) is 2. The average Bonchev–Trinajstić information content (AvgIpc) is 3.58. The van der Waals surface area contributed by atoms with E-state index in [9.17, 15) is 19.2 Å². The lowest BCUT2D eigenvalue weighted by molar-refractivity contribution is -0.148. The van der Waals surface area contributed by atoms with E-state index in [0.29, 0.717) is 36.3 Å². The number of nitrogens with zero attached hydrogens (tertiary/aromatic N) is 2. The molecule has 2 aromatic rings. The molecule has 2 N–H and O–H groups in total. The summed E-state index contributed by atoms with van der Waals surface area (Å²) in [6.45, 7) is 12.4. The SMILES string of the molecule is C=CCC[C@@H]1C[C@]1(NC(=O)[C@@H]1C[C@@H](Oc2ccnc3cc(OC)ccc23)CN1C(=O)[C@H](COCC=C)NC(=O)OC(C)(C)C)C(=O)OC. The second-order valence-corrected chi connectivity index (χ2v) is 12.9. The highest BCUT2D eigenvalue weighted by molar-refractivity contribution is 5.96. The quantitative estimate of drug-likeness (QED) is 0.163. The zero-order chi connectivity index (χ0) is 35.1. The van der Waals surface area contributed by atoms with Crippen molar-refractivity contribution in [1.29, 1.82) is 0 Å². The summed E-state index contributed by atoms with van der Waals surface area (Å²) in [5.41, 5.74) is -1.38. The number of benzene rings is 1. The Balaban J connectivity index is 1.63. The third-order valence-electron chi connectivity index (χ3n) is 8.28. The molecule has 1 aromatic carbocycles. The van der Waals surface area contributed by atoms with E-state index in [1.165, 1.54) is 18.1 Å². The normalized spacial score (nSPS) is 22.3. The number of aromatic nitrogens is 1. The van der Waals surface area contributed by atoms with Crippen LogP contribution in [0.25, 0.3) is 10.9 Å². The molecule has 2 aliphatic rings. The van der Waals surface area contributed by atoms with Gasteiger partial charge in [0.05, 0.1) is 39.5 Å². The van der Waals surface area contributed by atoms with Crippen LogP contribution >= 0.6 is 0 Å². The molecule has 4 rings (SSSR count). The first-order valence-corrected chi connectivity index (χ1v) is 15.9. The molecule has 1 aliphatic heterocycles. The van der Waals surface area contributed by atoms with Crippen molar-refractivity contribution in [1.82, 2.24) is 20.5 Å². The van der Waals surface area contributed by atoms with Crippen molar-refractivity contribution < 1.29 is 42.9 Å². The number of carbonyl (C=O) groups is 4. The third kappa shape index (κ3) is 8.62. The second-order valence-electron chi connectivity index (χ2n) is 12.9. The Morgan fingerprint density at radius 2 is 1.92 bits per heavy atom. The first-order chi connectivity index (χ1) is 22.8. The Bertz CT molecular complexity index is 1520. The van der Waals surface area contributed by atoms with Gasteiger partial charge in [0.15, 0.2) is 0 Å². The number of pyridine rings is 1. The molecular weight excluding hydrogens is 620 g/mol. The largest absolute Gasteiger partial charge is 0.497 e. The Kier molecular flexibility index (Phi) is 11.7. The van der Waals surface area contributed by atoms with Crippen LogP contribution in [0.5, 0.6) is 11.5 Å². The van der Waals surface area contributed by atoms with Gasteiger partial charge in [0.25, 0.3) is 0 Å². The minimum absolute atomic E-state index is 0.00989. The fraction of sp³-hybridized carbons (Fsp3) is 0.514. The highest BCUT2D eigenvalue weighted by atomic mass is 16.6. The topological polar surface area (TPSA) is 155 Å². The number of methoxy groups -OCH3 is 2. The van der Waals surface area contributed by atoms with Crippen LogP contribution in [0, 0.1) is 5.92 Å². The molecule has 0 spiro atoms. The van der Waals surface area contributed by atoms with E-state index in [0.717, 1.165) is 5.39 Å². The molecular formula is C35H46N4O9. The smallest absolute Gasteiger partial charge is 0.408 e. The van der Waals surface area contributed by atoms with Crippen molar-refractivity contribution in [2.45, 2.75) is 75.8 Å². The molecule has 2 heterocycles. The maximum atomic E-state index is 14.2. The number of rotatable bonds is 15. The summed E-state index contributed by atoms with van der Waals surface area (Å²) < 4.78 is 27.8. The van der Waals surface area contributed by atoms with Gasteiger partial charge in [0.1, 0.15) is 40.8 Å². The van der Waals surface area contributed by atoms with Crippen molar-refractivity contribution in [2.75, 3.05) is 34.0 Å². The van der Waals surface area contributed by atoms with E-state index >= 15 is 0 Å². The standard InChI is InChI=1S/C35H46N4O9/c1-8-10-11-22-19-35(22,32(42)45-7)38-30(40)28-18-24(47-29-14-15-36-26-17-23(44-6)12-13-25(26)29)20-39(28)31(41)27(21-46-16-9-2)37-33(43)48-34(3,4)5/h8-9,12-15,17,22,24,27-28H,1-2,10-11,16,18-21H2,3-7H3,(H,37,43)(H,38,40)/t22-,24-,27+,28+,35-/m1/s1. The first kappa shape index (κ1) is 36.2. The van der Waals surface area contributed by atoms with Gasteiger partial charge in [-0.25, -0.2) is 9.59 Å². The van der Waals surface area contributed by atoms with Crippen LogP contribution in [0.2, 0.25) is 0 Å². The Hall–Kier alpha value is -4.65. The summed E-state index contributed by atoms with van der Waals surface area (Å²) in [5, 5.41) is 6.24. The molecule has 0 radical (unpaired) electrons. The molecule has 0 unspecified atom stereocenters. The molecule has 5 atom stereocenters. The lowest BCUT2D eigenvalue weighted by Gasteiger charge is -2.30. The second kappa shape index (κ2) is 15.5. The van der Waals surface area contributed by atoms with Gasteiger partial charge in [0.2, 0.25) is 11.8 Å². The average molecular weight is 667 g/mol. The maximum Gasteiger partial charge on any atom is 0.408 e. The van der Waals surface area contributed by atoms with Crippen LogP contribution < -0.4 is 20.1 Å². The van der Waals surface area contributed by atoms with Crippen molar-refractivity contribution in [3.8, 4) is 11.5 Å². The maximum absolute atomic E-state index is 14.2. The Morgan fingerprint density at radius 1 is 1.15 bits per heavy atom.